The van der Waals surface area contributed by atoms with Crippen molar-refractivity contribution < 1.29 is 9.53 Å². The van der Waals surface area contributed by atoms with Crippen LogP contribution in [-0.2, 0) is 9.53 Å². The molecule has 4 unspecified atom stereocenters. The van der Waals surface area contributed by atoms with Crippen molar-refractivity contribution >= 4 is 5.78 Å². The van der Waals surface area contributed by atoms with Gasteiger partial charge < -0.3 is 4.74 Å². The molecule has 0 aromatic rings. The van der Waals surface area contributed by atoms with Crippen molar-refractivity contribution in [3.8, 4) is 0 Å². The highest BCUT2D eigenvalue weighted by Crippen LogP contribution is 2.77. The van der Waals surface area contributed by atoms with Crippen LogP contribution in [0.3, 0.4) is 0 Å². The minimum atomic E-state index is -0.0728. The van der Waals surface area contributed by atoms with Gasteiger partial charge in [0.25, 0.3) is 0 Å². The average Bonchev–Trinajstić information content (AvgIpc) is 3.15. The minimum absolute atomic E-state index is 0.0728. The Morgan fingerprint density at radius 2 is 1.50 bits per heavy atom. The van der Waals surface area contributed by atoms with Gasteiger partial charge in [-0.1, -0.05) is 46.8 Å². The molecule has 0 aromatic heterocycles. The second kappa shape index (κ2) is 7.69. The van der Waals surface area contributed by atoms with Crippen molar-refractivity contribution in [1.82, 2.24) is 0 Å². The molecule has 5 aliphatic carbocycles. The maximum Gasteiger partial charge on any atom is 0.136 e. The maximum atomic E-state index is 13.2. The van der Waals surface area contributed by atoms with Gasteiger partial charge in [-0.2, -0.15) is 0 Å². The Balaban J connectivity index is 1.55. The number of methoxy groups -OCH3 is 1. The summed E-state index contributed by atoms with van der Waals surface area (Å²) in [5.41, 5.74) is 2.60. The molecule has 0 aliphatic heterocycles. The Kier molecular flexibility index (Phi) is 5.66. The number of carbonyl (C=O) groups excluding carboxylic acids is 1. The normalized spacial score (nSPS) is 53.8. The van der Waals surface area contributed by atoms with Crippen molar-refractivity contribution in [3.63, 3.8) is 0 Å². The van der Waals surface area contributed by atoms with Crippen molar-refractivity contribution in [2.75, 3.05) is 7.11 Å². The predicted molar refractivity (Wildman–Crippen MR) is 140 cm³/mol. The summed E-state index contributed by atoms with van der Waals surface area (Å²) in [5.74, 6) is 3.73. The minimum Gasteiger partial charge on any atom is -0.381 e. The van der Waals surface area contributed by atoms with Crippen LogP contribution in [0.1, 0.15) is 113 Å². The fraction of sp³-hybridized carbons (Fsp3) is 0.906. The van der Waals surface area contributed by atoms with Crippen molar-refractivity contribution in [2.24, 2.45) is 56.7 Å². The lowest BCUT2D eigenvalue weighted by Gasteiger charge is -2.73. The molecule has 0 radical (unpaired) electrons. The van der Waals surface area contributed by atoms with Gasteiger partial charge in [-0.15, -0.1) is 0 Å². The van der Waals surface area contributed by atoms with Crippen LogP contribution in [0.25, 0.3) is 0 Å². The second-order valence-corrected chi connectivity index (χ2v) is 15.0. The van der Waals surface area contributed by atoms with Crippen LogP contribution in [0.15, 0.2) is 12.2 Å². The van der Waals surface area contributed by atoms with E-state index in [2.05, 4.69) is 48.1 Å². The molecule has 0 amide bonds. The van der Waals surface area contributed by atoms with Crippen molar-refractivity contribution in [1.29, 1.82) is 0 Å². The molecule has 0 saturated heterocycles. The molecule has 0 aromatic carbocycles. The number of allylic oxidation sites excluding steroid dienone is 1. The highest BCUT2D eigenvalue weighted by Gasteiger charge is 2.71. The Labute approximate surface area is 210 Å². The molecule has 5 fully saturated rings. The van der Waals surface area contributed by atoms with Gasteiger partial charge in [-0.25, -0.2) is 0 Å². The lowest BCUT2D eigenvalue weighted by Crippen LogP contribution is -2.67. The van der Waals surface area contributed by atoms with E-state index >= 15 is 0 Å². The van der Waals surface area contributed by atoms with E-state index in [9.17, 15) is 4.79 Å². The zero-order chi connectivity index (χ0) is 24.9. The summed E-state index contributed by atoms with van der Waals surface area (Å²) < 4.78 is 6.04. The molecule has 5 aliphatic rings. The van der Waals surface area contributed by atoms with Gasteiger partial charge >= 0.3 is 0 Å². The first-order valence-electron chi connectivity index (χ1n) is 14.5. The molecule has 34 heavy (non-hydrogen) atoms. The summed E-state index contributed by atoms with van der Waals surface area (Å²) in [6.45, 7) is 21.6. The quantitative estimate of drug-likeness (QED) is 0.390. The van der Waals surface area contributed by atoms with Crippen LogP contribution < -0.4 is 0 Å². The van der Waals surface area contributed by atoms with E-state index in [0.717, 1.165) is 24.7 Å². The number of Topliss-reactive ketones (excluding diaryl/α,β-unsaturated/α-hetero) is 1. The fourth-order valence-corrected chi connectivity index (χ4v) is 12.1. The molecule has 0 N–H and O–H groups in total. The fourth-order valence-electron chi connectivity index (χ4n) is 12.1. The van der Waals surface area contributed by atoms with Gasteiger partial charge in [0.1, 0.15) is 5.78 Å². The highest BCUT2D eigenvalue weighted by atomic mass is 16.5. The van der Waals surface area contributed by atoms with Crippen LogP contribution in [0.4, 0.5) is 0 Å². The molecule has 5 rings (SSSR count). The lowest BCUT2D eigenvalue weighted by molar-refractivity contribution is -0.248. The summed E-state index contributed by atoms with van der Waals surface area (Å²) in [6.07, 6.45) is 12.9. The second-order valence-electron chi connectivity index (χ2n) is 15.0. The molecule has 0 heterocycles. The predicted octanol–water partition coefficient (Wildman–Crippen LogP) is 8.25. The van der Waals surface area contributed by atoms with Gasteiger partial charge in [-0.05, 0) is 129 Å². The van der Waals surface area contributed by atoms with Crippen LogP contribution in [-0.4, -0.2) is 19.0 Å². The summed E-state index contributed by atoms with van der Waals surface area (Å²) >= 11 is 0. The Morgan fingerprint density at radius 3 is 2.12 bits per heavy atom. The number of carbonyl (C=O) groups is 1. The smallest absolute Gasteiger partial charge is 0.136 e. The van der Waals surface area contributed by atoms with Crippen molar-refractivity contribution in [2.45, 2.75) is 119 Å². The van der Waals surface area contributed by atoms with E-state index in [1.807, 2.05) is 14.0 Å². The van der Waals surface area contributed by atoms with E-state index in [1.54, 1.807) is 0 Å². The number of rotatable bonds is 3. The highest BCUT2D eigenvalue weighted by molar-refractivity contribution is 5.83. The summed E-state index contributed by atoms with van der Waals surface area (Å²) in [6, 6.07) is 0. The molecule has 10 atom stereocenters. The third-order valence-corrected chi connectivity index (χ3v) is 14.0. The van der Waals surface area contributed by atoms with Gasteiger partial charge in [-0.3, -0.25) is 4.79 Å². The molecule has 0 bridgehead atoms. The molecule has 2 nitrogen and oxygen atoms in total. The number of hydrogen-bond donors (Lipinski definition) is 0. The molecule has 0 spiro atoms. The number of hydrogen-bond acceptors (Lipinski definition) is 2. The zero-order valence-electron chi connectivity index (χ0n) is 23.6. The molecule has 5 saturated carbocycles. The molecular formula is C32H52O2. The first kappa shape index (κ1) is 25.0. The average molecular weight is 469 g/mol. The standard InChI is InChI=1S/C32H52O2/c1-20(2)22-12-17-32(21(3)33)19-18-30(7)23(27(22)32)10-11-25-29(6)15-14-26(34-9)28(4,5)24(29)13-16-31(25,30)8/h22-27H,1,10-19H2,2-9H3/t22-,23?,24?,25?,26-,27?,29-,30+,31+,32+/m0/s1. The first-order valence-corrected chi connectivity index (χ1v) is 14.5. The SMILES string of the molecule is C=C(C)[C@@H]1CC[C@]2(C(C)=O)CC[C@]3(C)C(CCC4[C@@]5(C)CC[C@H](OC)C(C)(C)C5CC[C@]43C)C12. The maximum absolute atomic E-state index is 13.2. The monoisotopic (exact) mass is 468 g/mol. The van der Waals surface area contributed by atoms with E-state index in [0.29, 0.717) is 45.9 Å². The van der Waals surface area contributed by atoms with Gasteiger partial charge in [0, 0.05) is 12.5 Å². The Bertz CT molecular complexity index is 872. The number of fused-ring (bicyclic) bond motifs is 7. The number of ether oxygens (including phenoxy) is 1. The van der Waals surface area contributed by atoms with E-state index in [-0.39, 0.29) is 10.8 Å². The first-order chi connectivity index (χ1) is 15.8. The van der Waals surface area contributed by atoms with Gasteiger partial charge in [0.15, 0.2) is 0 Å². The third-order valence-electron chi connectivity index (χ3n) is 14.0. The topological polar surface area (TPSA) is 26.3 Å². The van der Waals surface area contributed by atoms with Crippen LogP contribution in [0.2, 0.25) is 0 Å². The van der Waals surface area contributed by atoms with Crippen molar-refractivity contribution in [3.05, 3.63) is 12.2 Å². The summed E-state index contributed by atoms with van der Waals surface area (Å²) in [4.78, 5) is 13.2. The summed E-state index contributed by atoms with van der Waals surface area (Å²) in [5, 5.41) is 0. The third kappa shape index (κ3) is 2.87. The molecule has 2 heteroatoms. The largest absolute Gasteiger partial charge is 0.381 e. The number of ketones is 1. The van der Waals surface area contributed by atoms with Crippen LogP contribution in [0.5, 0.6) is 0 Å². The Morgan fingerprint density at radius 1 is 0.794 bits per heavy atom. The van der Waals surface area contributed by atoms with Crippen LogP contribution >= 0.6 is 0 Å². The molecular weight excluding hydrogens is 416 g/mol. The van der Waals surface area contributed by atoms with E-state index in [1.165, 1.54) is 56.9 Å². The zero-order valence-corrected chi connectivity index (χ0v) is 23.6. The van der Waals surface area contributed by atoms with Gasteiger partial charge in [0.05, 0.1) is 6.10 Å². The van der Waals surface area contributed by atoms with Crippen LogP contribution in [0, 0.1) is 56.7 Å². The van der Waals surface area contributed by atoms with Gasteiger partial charge in [0.2, 0.25) is 0 Å². The molecule has 192 valence electrons. The summed E-state index contributed by atoms with van der Waals surface area (Å²) in [7, 11) is 1.93. The Hall–Kier alpha value is -0.630. The van der Waals surface area contributed by atoms with E-state index in [4.69, 9.17) is 4.74 Å². The lowest BCUT2D eigenvalue weighted by atomic mass is 9.32. The van der Waals surface area contributed by atoms with E-state index < -0.39 is 0 Å².